The number of carbonyl (C=O) groups is 1. The summed E-state index contributed by atoms with van der Waals surface area (Å²) in [7, 11) is 0. The molecule has 104 valence electrons. The van der Waals surface area contributed by atoms with Crippen molar-refractivity contribution in [3.63, 3.8) is 0 Å². The maximum absolute atomic E-state index is 11.8. The zero-order chi connectivity index (χ0) is 13.7. The molecule has 1 fully saturated rings. The molecule has 0 bridgehead atoms. The van der Waals surface area contributed by atoms with Gasteiger partial charge in [0.1, 0.15) is 0 Å². The van der Waals surface area contributed by atoms with Crippen LogP contribution in [0.1, 0.15) is 13.3 Å². The molecule has 3 N–H and O–H groups in total. The molecule has 6 nitrogen and oxygen atoms in total. The van der Waals surface area contributed by atoms with Gasteiger partial charge in [0.05, 0.1) is 5.69 Å². The van der Waals surface area contributed by atoms with E-state index in [0.29, 0.717) is 18.8 Å². The number of nitrogen functional groups attached to an aromatic ring is 1. The molecule has 0 unspecified atom stereocenters. The van der Waals surface area contributed by atoms with E-state index in [1.54, 1.807) is 6.20 Å². The first kappa shape index (κ1) is 13.5. The molecule has 1 saturated heterocycles. The molecular weight excluding hydrogens is 242 g/mol. The second-order valence-corrected chi connectivity index (χ2v) is 4.62. The second kappa shape index (κ2) is 6.26. The van der Waals surface area contributed by atoms with E-state index in [1.165, 1.54) is 0 Å². The highest BCUT2D eigenvalue weighted by molar-refractivity contribution is 5.74. The van der Waals surface area contributed by atoms with E-state index in [4.69, 9.17) is 5.73 Å². The monoisotopic (exact) mass is 263 g/mol. The molecule has 0 saturated carbocycles. The Morgan fingerprint density at radius 3 is 2.79 bits per heavy atom. The first-order chi connectivity index (χ1) is 9.22. The molecule has 19 heavy (non-hydrogen) atoms. The summed E-state index contributed by atoms with van der Waals surface area (Å²) >= 11 is 0. The molecule has 0 radical (unpaired) electrons. The zero-order valence-corrected chi connectivity index (χ0v) is 11.3. The van der Waals surface area contributed by atoms with E-state index < -0.39 is 0 Å². The minimum atomic E-state index is 0.0236. The minimum Gasteiger partial charge on any atom is -0.396 e. The first-order valence-corrected chi connectivity index (χ1v) is 6.70. The van der Waals surface area contributed by atoms with Gasteiger partial charge in [-0.2, -0.15) is 0 Å². The summed E-state index contributed by atoms with van der Waals surface area (Å²) in [5.74, 6) is 0.816. The topological polar surface area (TPSA) is 74.5 Å². The number of hydrogen-bond donors (Lipinski definition) is 2. The molecule has 0 aliphatic carbocycles. The van der Waals surface area contributed by atoms with Crippen molar-refractivity contribution in [1.29, 1.82) is 0 Å². The Morgan fingerprint density at radius 1 is 1.42 bits per heavy atom. The number of rotatable bonds is 3. The van der Waals surface area contributed by atoms with Crippen molar-refractivity contribution < 1.29 is 4.79 Å². The van der Waals surface area contributed by atoms with Crippen LogP contribution < -0.4 is 16.0 Å². The average molecular weight is 263 g/mol. The van der Waals surface area contributed by atoms with Gasteiger partial charge >= 0.3 is 6.03 Å². The van der Waals surface area contributed by atoms with Gasteiger partial charge < -0.3 is 20.9 Å². The fourth-order valence-electron chi connectivity index (χ4n) is 2.14. The fourth-order valence-corrected chi connectivity index (χ4v) is 2.14. The molecule has 6 heteroatoms. The van der Waals surface area contributed by atoms with Gasteiger partial charge in [0.15, 0.2) is 5.82 Å². The lowest BCUT2D eigenvalue weighted by Gasteiger charge is -2.35. The van der Waals surface area contributed by atoms with Crippen molar-refractivity contribution in [2.24, 2.45) is 0 Å². The summed E-state index contributed by atoms with van der Waals surface area (Å²) in [4.78, 5) is 20.1. The predicted molar refractivity (Wildman–Crippen MR) is 76.1 cm³/mol. The summed E-state index contributed by atoms with van der Waals surface area (Å²) in [6.07, 6.45) is 2.70. The van der Waals surface area contributed by atoms with Crippen molar-refractivity contribution in [3.05, 3.63) is 18.3 Å². The molecule has 1 aromatic heterocycles. The highest BCUT2D eigenvalue weighted by atomic mass is 16.2. The number of amides is 2. The Labute approximate surface area is 113 Å². The zero-order valence-electron chi connectivity index (χ0n) is 11.3. The van der Waals surface area contributed by atoms with Crippen molar-refractivity contribution >= 4 is 17.5 Å². The quantitative estimate of drug-likeness (QED) is 0.850. The van der Waals surface area contributed by atoms with Gasteiger partial charge in [0, 0.05) is 38.9 Å². The molecule has 2 rings (SSSR count). The van der Waals surface area contributed by atoms with Gasteiger partial charge in [-0.05, 0) is 18.6 Å². The number of anilines is 2. The van der Waals surface area contributed by atoms with Crippen LogP contribution >= 0.6 is 0 Å². The second-order valence-electron chi connectivity index (χ2n) is 4.62. The van der Waals surface area contributed by atoms with Crippen molar-refractivity contribution in [1.82, 2.24) is 15.2 Å². The molecule has 0 atom stereocenters. The molecule has 0 aromatic carbocycles. The highest BCUT2D eigenvalue weighted by Gasteiger charge is 2.22. The van der Waals surface area contributed by atoms with Gasteiger partial charge in [0.2, 0.25) is 0 Å². The van der Waals surface area contributed by atoms with Crippen LogP contribution in [0.2, 0.25) is 0 Å². The predicted octanol–water partition coefficient (Wildman–Crippen LogP) is 0.905. The van der Waals surface area contributed by atoms with Crippen LogP contribution in [-0.4, -0.2) is 48.6 Å². The summed E-state index contributed by atoms with van der Waals surface area (Å²) in [6.45, 7) is 5.70. The van der Waals surface area contributed by atoms with E-state index in [1.807, 2.05) is 24.0 Å². The largest absolute Gasteiger partial charge is 0.396 e. The van der Waals surface area contributed by atoms with Gasteiger partial charge in [-0.3, -0.25) is 0 Å². The Bertz CT molecular complexity index is 429. The molecule has 2 heterocycles. The number of hydrogen-bond acceptors (Lipinski definition) is 4. The third-order valence-corrected chi connectivity index (χ3v) is 3.21. The Kier molecular flexibility index (Phi) is 4.43. The lowest BCUT2D eigenvalue weighted by atomic mass is 10.3. The van der Waals surface area contributed by atoms with Gasteiger partial charge in [0.25, 0.3) is 0 Å². The van der Waals surface area contributed by atoms with E-state index in [0.717, 1.165) is 31.9 Å². The number of nitrogens with one attached hydrogen (secondary N) is 1. The maximum atomic E-state index is 11.8. The Hall–Kier alpha value is -1.98. The van der Waals surface area contributed by atoms with E-state index >= 15 is 0 Å². The molecule has 1 aliphatic rings. The summed E-state index contributed by atoms with van der Waals surface area (Å²) in [5.41, 5.74) is 6.60. The Balaban J connectivity index is 1.89. The van der Waals surface area contributed by atoms with Crippen LogP contribution in [-0.2, 0) is 0 Å². The van der Waals surface area contributed by atoms with E-state index in [-0.39, 0.29) is 6.03 Å². The van der Waals surface area contributed by atoms with Crippen molar-refractivity contribution in [3.8, 4) is 0 Å². The van der Waals surface area contributed by atoms with Crippen molar-refractivity contribution in [2.45, 2.75) is 13.3 Å². The van der Waals surface area contributed by atoms with E-state index in [9.17, 15) is 4.79 Å². The third-order valence-electron chi connectivity index (χ3n) is 3.21. The summed E-state index contributed by atoms with van der Waals surface area (Å²) in [6, 6.07) is 3.70. The van der Waals surface area contributed by atoms with Crippen LogP contribution in [0.15, 0.2) is 18.3 Å². The van der Waals surface area contributed by atoms with Crippen LogP contribution in [0.3, 0.4) is 0 Å². The lowest BCUT2D eigenvalue weighted by molar-refractivity contribution is 0.194. The van der Waals surface area contributed by atoms with Gasteiger partial charge in [-0.1, -0.05) is 6.92 Å². The van der Waals surface area contributed by atoms with Crippen LogP contribution in [0.25, 0.3) is 0 Å². The number of piperazine rings is 1. The molecule has 1 aromatic rings. The van der Waals surface area contributed by atoms with Crippen LogP contribution in [0.4, 0.5) is 16.3 Å². The number of aromatic nitrogens is 1. The highest BCUT2D eigenvalue weighted by Crippen LogP contribution is 2.20. The number of nitrogens with two attached hydrogens (primary N) is 1. The lowest BCUT2D eigenvalue weighted by Crippen LogP contribution is -2.52. The number of carbonyl (C=O) groups excluding carboxylic acids is 1. The van der Waals surface area contributed by atoms with Crippen molar-refractivity contribution in [2.75, 3.05) is 43.4 Å². The van der Waals surface area contributed by atoms with E-state index in [2.05, 4.69) is 15.2 Å². The molecule has 2 amide bonds. The number of urea groups is 1. The molecule has 0 spiro atoms. The summed E-state index contributed by atoms with van der Waals surface area (Å²) < 4.78 is 0. The van der Waals surface area contributed by atoms with Gasteiger partial charge in [-0.15, -0.1) is 0 Å². The Morgan fingerprint density at radius 2 is 2.16 bits per heavy atom. The normalized spacial score (nSPS) is 15.4. The fraction of sp³-hybridized carbons (Fsp3) is 0.538. The molecular formula is C13H21N5O. The smallest absolute Gasteiger partial charge is 0.317 e. The van der Waals surface area contributed by atoms with Crippen LogP contribution in [0.5, 0.6) is 0 Å². The SMILES string of the molecule is CCCNC(=O)N1CCN(c2ncccc2N)CC1. The average Bonchev–Trinajstić information content (AvgIpc) is 2.45. The standard InChI is InChI=1S/C13H21N5O/c1-2-5-16-13(19)18-9-7-17(8-10-18)12-11(14)4-3-6-15-12/h3-4,6H,2,5,7-10,14H2,1H3,(H,16,19). The molecule has 1 aliphatic heterocycles. The number of nitrogens with zero attached hydrogens (tertiary/aromatic N) is 3. The number of pyridine rings is 1. The third kappa shape index (κ3) is 3.27. The minimum absolute atomic E-state index is 0.0236. The van der Waals surface area contributed by atoms with Gasteiger partial charge in [-0.25, -0.2) is 9.78 Å². The first-order valence-electron chi connectivity index (χ1n) is 6.70. The summed E-state index contributed by atoms with van der Waals surface area (Å²) in [5, 5.41) is 2.90. The van der Waals surface area contributed by atoms with Crippen LogP contribution in [0, 0.1) is 0 Å². The maximum Gasteiger partial charge on any atom is 0.317 e.